The van der Waals surface area contributed by atoms with E-state index < -0.39 is 5.91 Å². The number of amides is 1. The molecule has 0 aliphatic rings. The van der Waals surface area contributed by atoms with E-state index in [0.29, 0.717) is 5.56 Å². The summed E-state index contributed by atoms with van der Waals surface area (Å²) in [5.74, 6) is -0.420. The zero-order chi connectivity index (χ0) is 14.5. The van der Waals surface area contributed by atoms with Crippen molar-refractivity contribution in [2.24, 2.45) is 5.73 Å². The first-order valence-electron chi connectivity index (χ1n) is 6.25. The highest BCUT2D eigenvalue weighted by molar-refractivity contribution is 5.95. The zero-order valence-electron chi connectivity index (χ0n) is 11.2. The molecule has 0 radical (unpaired) electrons. The van der Waals surface area contributed by atoms with Crippen LogP contribution in [0, 0.1) is 0 Å². The van der Waals surface area contributed by atoms with Gasteiger partial charge in [-0.3, -0.25) is 9.59 Å². The number of carbonyl (C=O) groups is 2. The Morgan fingerprint density at radius 1 is 1.00 bits per heavy atom. The minimum atomic E-state index is -0.469. The molecular formula is C17H15NO2. The Kier molecular flexibility index (Phi) is 4.11. The molecule has 3 nitrogen and oxygen atoms in total. The van der Waals surface area contributed by atoms with Gasteiger partial charge in [-0.05, 0) is 35.8 Å². The third-order valence-corrected chi connectivity index (χ3v) is 2.95. The molecule has 0 aliphatic heterocycles. The number of hydrogen-bond donors (Lipinski definition) is 1. The lowest BCUT2D eigenvalue weighted by atomic mass is 10.0. The SMILES string of the molecule is CC(=O)c1cccc(-c2ccc(/C=C\C(N)=O)cc2)c1. The molecule has 1 amide bonds. The van der Waals surface area contributed by atoms with Crippen molar-refractivity contribution >= 4 is 17.8 Å². The van der Waals surface area contributed by atoms with Gasteiger partial charge in [-0.1, -0.05) is 42.5 Å². The van der Waals surface area contributed by atoms with Gasteiger partial charge in [0.1, 0.15) is 0 Å². The summed E-state index contributed by atoms with van der Waals surface area (Å²) in [6.45, 7) is 1.55. The Bertz CT molecular complexity index is 670. The van der Waals surface area contributed by atoms with Gasteiger partial charge in [0.2, 0.25) is 5.91 Å². The normalized spacial score (nSPS) is 10.7. The standard InChI is InChI=1S/C17H15NO2/c1-12(19)15-3-2-4-16(11-15)14-8-5-13(6-9-14)7-10-17(18)20/h2-11H,1H3,(H2,18,20)/b10-7-. The molecule has 0 unspecified atom stereocenters. The van der Waals surface area contributed by atoms with Crippen LogP contribution in [0.25, 0.3) is 17.2 Å². The quantitative estimate of drug-likeness (QED) is 0.682. The van der Waals surface area contributed by atoms with Gasteiger partial charge in [0.25, 0.3) is 0 Å². The Morgan fingerprint density at radius 2 is 1.70 bits per heavy atom. The molecular weight excluding hydrogens is 250 g/mol. The second kappa shape index (κ2) is 5.97. The largest absolute Gasteiger partial charge is 0.366 e. The van der Waals surface area contributed by atoms with E-state index in [2.05, 4.69) is 0 Å². The molecule has 0 spiro atoms. The molecule has 0 fully saturated rings. The van der Waals surface area contributed by atoms with Crippen molar-refractivity contribution in [3.05, 3.63) is 65.7 Å². The maximum atomic E-state index is 11.4. The fourth-order valence-corrected chi connectivity index (χ4v) is 1.88. The first kappa shape index (κ1) is 13.7. The molecule has 0 saturated carbocycles. The lowest BCUT2D eigenvalue weighted by molar-refractivity contribution is -0.113. The van der Waals surface area contributed by atoms with Crippen LogP contribution in [-0.4, -0.2) is 11.7 Å². The van der Waals surface area contributed by atoms with Crippen molar-refractivity contribution in [3.63, 3.8) is 0 Å². The number of nitrogens with two attached hydrogens (primary N) is 1. The number of ketones is 1. The lowest BCUT2D eigenvalue weighted by Gasteiger charge is -2.04. The van der Waals surface area contributed by atoms with Crippen molar-refractivity contribution in [1.29, 1.82) is 0 Å². The molecule has 2 N–H and O–H groups in total. The number of benzene rings is 2. The number of carbonyl (C=O) groups excluding carboxylic acids is 2. The molecule has 0 atom stereocenters. The summed E-state index contributed by atoms with van der Waals surface area (Å²) in [5, 5.41) is 0. The van der Waals surface area contributed by atoms with E-state index in [1.165, 1.54) is 6.08 Å². The Morgan fingerprint density at radius 3 is 2.30 bits per heavy atom. The van der Waals surface area contributed by atoms with Gasteiger partial charge in [0.05, 0.1) is 0 Å². The number of primary amides is 1. The van der Waals surface area contributed by atoms with E-state index in [0.717, 1.165) is 16.7 Å². The minimum absolute atomic E-state index is 0.0489. The van der Waals surface area contributed by atoms with Crippen molar-refractivity contribution in [3.8, 4) is 11.1 Å². The predicted molar refractivity (Wildman–Crippen MR) is 80.1 cm³/mol. The Labute approximate surface area is 117 Å². The molecule has 2 aromatic rings. The number of hydrogen-bond acceptors (Lipinski definition) is 2. The molecule has 2 aromatic carbocycles. The van der Waals surface area contributed by atoms with Crippen molar-refractivity contribution < 1.29 is 9.59 Å². The van der Waals surface area contributed by atoms with E-state index in [1.807, 2.05) is 42.5 Å². The molecule has 0 bridgehead atoms. The van der Waals surface area contributed by atoms with Crippen LogP contribution in [0.3, 0.4) is 0 Å². The van der Waals surface area contributed by atoms with Crippen LogP contribution >= 0.6 is 0 Å². The predicted octanol–water partition coefficient (Wildman–Crippen LogP) is 3.05. The van der Waals surface area contributed by atoms with Gasteiger partial charge in [0, 0.05) is 11.6 Å². The Balaban J connectivity index is 2.28. The molecule has 3 heteroatoms. The monoisotopic (exact) mass is 265 g/mol. The smallest absolute Gasteiger partial charge is 0.241 e. The fraction of sp³-hybridized carbons (Fsp3) is 0.0588. The molecule has 0 aromatic heterocycles. The average molecular weight is 265 g/mol. The fourth-order valence-electron chi connectivity index (χ4n) is 1.88. The van der Waals surface area contributed by atoms with E-state index >= 15 is 0 Å². The van der Waals surface area contributed by atoms with Crippen molar-refractivity contribution in [1.82, 2.24) is 0 Å². The van der Waals surface area contributed by atoms with E-state index in [1.54, 1.807) is 19.1 Å². The minimum Gasteiger partial charge on any atom is -0.366 e. The van der Waals surface area contributed by atoms with Gasteiger partial charge >= 0.3 is 0 Å². The topological polar surface area (TPSA) is 60.2 Å². The number of Topliss-reactive ketones (excluding diaryl/α,β-unsaturated/α-hetero) is 1. The first-order chi connectivity index (χ1) is 9.56. The van der Waals surface area contributed by atoms with Crippen LogP contribution in [0.15, 0.2) is 54.6 Å². The molecule has 0 heterocycles. The summed E-state index contributed by atoms with van der Waals surface area (Å²) in [7, 11) is 0. The molecule has 2 rings (SSSR count). The second-order valence-corrected chi connectivity index (χ2v) is 4.49. The summed E-state index contributed by atoms with van der Waals surface area (Å²) in [6.07, 6.45) is 2.99. The van der Waals surface area contributed by atoms with E-state index in [9.17, 15) is 9.59 Å². The number of rotatable bonds is 4. The highest BCUT2D eigenvalue weighted by Gasteiger charge is 2.02. The van der Waals surface area contributed by atoms with Crippen molar-refractivity contribution in [2.75, 3.05) is 0 Å². The van der Waals surface area contributed by atoms with Crippen LogP contribution in [0.2, 0.25) is 0 Å². The van der Waals surface area contributed by atoms with Crippen LogP contribution in [0.1, 0.15) is 22.8 Å². The van der Waals surface area contributed by atoms with E-state index in [-0.39, 0.29) is 5.78 Å². The summed E-state index contributed by atoms with van der Waals surface area (Å²) >= 11 is 0. The average Bonchev–Trinajstić information content (AvgIpc) is 2.46. The van der Waals surface area contributed by atoms with Gasteiger partial charge in [0.15, 0.2) is 5.78 Å². The van der Waals surface area contributed by atoms with E-state index in [4.69, 9.17) is 5.73 Å². The summed E-state index contributed by atoms with van der Waals surface area (Å²) in [6, 6.07) is 15.2. The van der Waals surface area contributed by atoms with Crippen LogP contribution in [-0.2, 0) is 4.79 Å². The van der Waals surface area contributed by atoms with Gasteiger partial charge in [-0.25, -0.2) is 0 Å². The highest BCUT2D eigenvalue weighted by Crippen LogP contribution is 2.21. The first-order valence-corrected chi connectivity index (χ1v) is 6.25. The van der Waals surface area contributed by atoms with Crippen LogP contribution in [0.4, 0.5) is 0 Å². The maximum absolute atomic E-state index is 11.4. The van der Waals surface area contributed by atoms with Crippen LogP contribution < -0.4 is 5.73 Å². The van der Waals surface area contributed by atoms with Gasteiger partial charge in [-0.2, -0.15) is 0 Å². The third kappa shape index (κ3) is 3.42. The van der Waals surface area contributed by atoms with Crippen LogP contribution in [0.5, 0.6) is 0 Å². The summed E-state index contributed by atoms with van der Waals surface area (Å²) in [4.78, 5) is 22.0. The molecule has 0 saturated heterocycles. The lowest BCUT2D eigenvalue weighted by Crippen LogP contribution is -2.04. The molecule has 100 valence electrons. The molecule has 0 aliphatic carbocycles. The van der Waals surface area contributed by atoms with Gasteiger partial charge < -0.3 is 5.73 Å². The Hall–Kier alpha value is -2.68. The van der Waals surface area contributed by atoms with Gasteiger partial charge in [-0.15, -0.1) is 0 Å². The molecule has 20 heavy (non-hydrogen) atoms. The second-order valence-electron chi connectivity index (χ2n) is 4.49. The zero-order valence-corrected chi connectivity index (χ0v) is 11.2. The summed E-state index contributed by atoms with van der Waals surface area (Å²) < 4.78 is 0. The highest BCUT2D eigenvalue weighted by atomic mass is 16.1. The third-order valence-electron chi connectivity index (χ3n) is 2.95. The van der Waals surface area contributed by atoms with Crippen molar-refractivity contribution in [2.45, 2.75) is 6.92 Å². The summed E-state index contributed by atoms with van der Waals surface area (Å²) in [5.41, 5.74) is 8.65. The maximum Gasteiger partial charge on any atom is 0.241 e.